The van der Waals surface area contributed by atoms with Crippen molar-refractivity contribution in [3.8, 4) is 12.3 Å². The molecule has 1 aliphatic heterocycles. The maximum absolute atomic E-state index is 12.1. The Bertz CT molecular complexity index is 640. The fourth-order valence-electron chi connectivity index (χ4n) is 2.40. The molecule has 3 heterocycles. The number of anilines is 1. The van der Waals surface area contributed by atoms with Crippen molar-refractivity contribution in [3.05, 3.63) is 18.3 Å². The molecule has 6 heteroatoms. The van der Waals surface area contributed by atoms with E-state index in [1.165, 1.54) is 0 Å². The van der Waals surface area contributed by atoms with Crippen LogP contribution in [0.4, 0.5) is 6.01 Å². The van der Waals surface area contributed by atoms with Crippen LogP contribution < -0.4 is 10.2 Å². The molecule has 0 aliphatic carbocycles. The summed E-state index contributed by atoms with van der Waals surface area (Å²) in [6.07, 6.45) is 8.50. The second kappa shape index (κ2) is 5.21. The molecule has 6 nitrogen and oxygen atoms in total. The Morgan fingerprint density at radius 1 is 1.65 bits per heavy atom. The molecule has 1 unspecified atom stereocenters. The zero-order chi connectivity index (χ0) is 13.9. The molecule has 20 heavy (non-hydrogen) atoms. The van der Waals surface area contributed by atoms with Gasteiger partial charge < -0.3 is 14.6 Å². The summed E-state index contributed by atoms with van der Waals surface area (Å²) in [6.45, 7) is 0.971. The molecule has 2 aromatic rings. The van der Waals surface area contributed by atoms with Crippen LogP contribution in [0.5, 0.6) is 0 Å². The summed E-state index contributed by atoms with van der Waals surface area (Å²) in [4.78, 5) is 22.4. The molecule has 2 aromatic heterocycles. The lowest BCUT2D eigenvalue weighted by atomic mass is 10.2. The highest BCUT2D eigenvalue weighted by atomic mass is 16.4. The molecule has 0 saturated carbocycles. The van der Waals surface area contributed by atoms with Gasteiger partial charge in [-0.3, -0.25) is 4.79 Å². The van der Waals surface area contributed by atoms with E-state index in [0.29, 0.717) is 17.2 Å². The molecular formula is C14H14N4O2. The van der Waals surface area contributed by atoms with Gasteiger partial charge in [-0.15, -0.1) is 6.42 Å². The highest BCUT2D eigenvalue weighted by Gasteiger charge is 2.33. The Morgan fingerprint density at radius 3 is 3.35 bits per heavy atom. The number of nitrogens with one attached hydrogen (secondary N) is 1. The molecule has 102 valence electrons. The second-order valence-electron chi connectivity index (χ2n) is 4.59. The van der Waals surface area contributed by atoms with E-state index in [9.17, 15) is 4.79 Å². The molecule has 1 N–H and O–H groups in total. The van der Waals surface area contributed by atoms with E-state index in [0.717, 1.165) is 19.4 Å². The van der Waals surface area contributed by atoms with Crippen LogP contribution in [0.15, 0.2) is 22.7 Å². The topological polar surface area (TPSA) is 71.3 Å². The van der Waals surface area contributed by atoms with Gasteiger partial charge in [0.2, 0.25) is 11.6 Å². The average molecular weight is 270 g/mol. The van der Waals surface area contributed by atoms with Crippen LogP contribution in [-0.2, 0) is 4.79 Å². The number of carbonyl (C=O) groups is 1. The molecule has 3 rings (SSSR count). The number of nitrogens with zero attached hydrogens (tertiary/aromatic N) is 3. The van der Waals surface area contributed by atoms with Gasteiger partial charge in [-0.05, 0) is 25.0 Å². The van der Waals surface area contributed by atoms with E-state index in [1.807, 2.05) is 11.0 Å². The van der Waals surface area contributed by atoms with Gasteiger partial charge in [-0.1, -0.05) is 5.92 Å². The van der Waals surface area contributed by atoms with Gasteiger partial charge in [-0.2, -0.15) is 4.98 Å². The normalized spacial score (nSPS) is 18.1. The van der Waals surface area contributed by atoms with E-state index in [-0.39, 0.29) is 18.5 Å². The van der Waals surface area contributed by atoms with Crippen LogP contribution in [0.25, 0.3) is 11.2 Å². The van der Waals surface area contributed by atoms with Crippen LogP contribution in [0.3, 0.4) is 0 Å². The van der Waals surface area contributed by atoms with E-state index in [4.69, 9.17) is 10.8 Å². The summed E-state index contributed by atoms with van der Waals surface area (Å²) in [5.74, 6) is 2.31. The van der Waals surface area contributed by atoms with E-state index < -0.39 is 0 Å². The maximum Gasteiger partial charge on any atom is 0.300 e. The minimum Gasteiger partial charge on any atom is -0.422 e. The molecular weight excluding hydrogens is 256 g/mol. The largest absolute Gasteiger partial charge is 0.422 e. The third-order valence-corrected chi connectivity index (χ3v) is 3.32. The van der Waals surface area contributed by atoms with Crippen molar-refractivity contribution in [2.75, 3.05) is 18.0 Å². The number of fused-ring (bicyclic) bond motifs is 1. The van der Waals surface area contributed by atoms with Crippen molar-refractivity contribution in [2.45, 2.75) is 18.9 Å². The third-order valence-electron chi connectivity index (χ3n) is 3.32. The molecule has 1 atom stereocenters. The number of pyridine rings is 1. The zero-order valence-electron chi connectivity index (χ0n) is 10.9. The number of hydrogen-bond acceptors (Lipinski definition) is 5. The molecule has 0 aromatic carbocycles. The Labute approximate surface area is 116 Å². The van der Waals surface area contributed by atoms with Gasteiger partial charge in [-0.25, -0.2) is 4.98 Å². The predicted octanol–water partition coefficient (Wildman–Crippen LogP) is 0.941. The Morgan fingerprint density at radius 2 is 2.55 bits per heavy atom. The summed E-state index contributed by atoms with van der Waals surface area (Å²) in [5.41, 5.74) is 1.18. The van der Waals surface area contributed by atoms with Crippen LogP contribution in [-0.4, -0.2) is 35.0 Å². The fourth-order valence-corrected chi connectivity index (χ4v) is 2.40. The number of rotatable bonds is 3. The summed E-state index contributed by atoms with van der Waals surface area (Å²) < 4.78 is 5.67. The number of terminal acetylenes is 1. The molecule has 1 saturated heterocycles. The van der Waals surface area contributed by atoms with Crippen molar-refractivity contribution >= 4 is 23.2 Å². The van der Waals surface area contributed by atoms with Crippen LogP contribution in [0.2, 0.25) is 0 Å². The standard InChI is InChI=1S/C14H14N4O2/c1-2-7-16-13(19)10-5-4-9-18(10)14-17-12-11(20-14)6-3-8-15-12/h1,3,6,8,10H,4-5,7,9H2,(H,16,19). The van der Waals surface area contributed by atoms with Gasteiger partial charge in [0.15, 0.2) is 5.58 Å². The quantitative estimate of drug-likeness (QED) is 0.840. The molecule has 1 aliphatic rings. The van der Waals surface area contributed by atoms with E-state index in [2.05, 4.69) is 21.2 Å². The maximum atomic E-state index is 12.1. The fraction of sp³-hybridized carbons (Fsp3) is 0.357. The lowest BCUT2D eigenvalue weighted by molar-refractivity contribution is -0.122. The molecule has 0 spiro atoms. The summed E-state index contributed by atoms with van der Waals surface area (Å²) in [7, 11) is 0. The minimum atomic E-state index is -0.281. The van der Waals surface area contributed by atoms with Crippen molar-refractivity contribution < 1.29 is 9.21 Å². The monoisotopic (exact) mass is 270 g/mol. The highest BCUT2D eigenvalue weighted by Crippen LogP contribution is 2.27. The van der Waals surface area contributed by atoms with Gasteiger partial charge in [0.25, 0.3) is 0 Å². The SMILES string of the molecule is C#CCNC(=O)C1CCCN1c1nc2ncccc2o1. The van der Waals surface area contributed by atoms with Gasteiger partial charge in [0, 0.05) is 12.7 Å². The summed E-state index contributed by atoms with van der Waals surface area (Å²) in [5, 5.41) is 2.71. The number of carbonyl (C=O) groups excluding carboxylic acids is 1. The Hall–Kier alpha value is -2.55. The van der Waals surface area contributed by atoms with Crippen LogP contribution in [0.1, 0.15) is 12.8 Å². The predicted molar refractivity (Wildman–Crippen MR) is 74.0 cm³/mol. The van der Waals surface area contributed by atoms with Crippen molar-refractivity contribution in [1.82, 2.24) is 15.3 Å². The number of aromatic nitrogens is 2. The van der Waals surface area contributed by atoms with Crippen molar-refractivity contribution in [3.63, 3.8) is 0 Å². The lowest BCUT2D eigenvalue weighted by Crippen LogP contribution is -2.43. The van der Waals surface area contributed by atoms with Gasteiger partial charge in [0.05, 0.1) is 6.54 Å². The first-order valence-corrected chi connectivity index (χ1v) is 6.49. The van der Waals surface area contributed by atoms with Crippen molar-refractivity contribution in [1.29, 1.82) is 0 Å². The zero-order valence-corrected chi connectivity index (χ0v) is 10.9. The second-order valence-corrected chi connectivity index (χ2v) is 4.59. The molecule has 1 amide bonds. The van der Waals surface area contributed by atoms with Gasteiger partial charge in [0.1, 0.15) is 6.04 Å². The van der Waals surface area contributed by atoms with Gasteiger partial charge >= 0.3 is 6.01 Å². The summed E-state index contributed by atoms with van der Waals surface area (Å²) in [6, 6.07) is 3.76. The molecule has 1 fully saturated rings. The lowest BCUT2D eigenvalue weighted by Gasteiger charge is -2.21. The first-order chi connectivity index (χ1) is 9.79. The summed E-state index contributed by atoms with van der Waals surface area (Å²) >= 11 is 0. The van der Waals surface area contributed by atoms with E-state index >= 15 is 0 Å². The Balaban J connectivity index is 1.84. The average Bonchev–Trinajstić information content (AvgIpc) is 3.09. The molecule has 0 bridgehead atoms. The Kier molecular flexibility index (Phi) is 3.25. The first-order valence-electron chi connectivity index (χ1n) is 6.49. The number of oxazole rings is 1. The van der Waals surface area contributed by atoms with E-state index in [1.54, 1.807) is 12.3 Å². The molecule has 0 radical (unpaired) electrons. The third kappa shape index (κ3) is 2.18. The number of hydrogen-bond donors (Lipinski definition) is 1. The number of amides is 1. The minimum absolute atomic E-state index is 0.0873. The smallest absolute Gasteiger partial charge is 0.300 e. The van der Waals surface area contributed by atoms with Crippen LogP contribution >= 0.6 is 0 Å². The first kappa shape index (κ1) is 12.5. The van der Waals surface area contributed by atoms with Crippen molar-refractivity contribution in [2.24, 2.45) is 0 Å². The van der Waals surface area contributed by atoms with Crippen LogP contribution in [0, 0.1) is 12.3 Å². The highest BCUT2D eigenvalue weighted by molar-refractivity contribution is 5.85.